The fourth-order valence-corrected chi connectivity index (χ4v) is 9.18. The molecule has 0 saturated carbocycles. The molecule has 9 rings (SSSR count). The summed E-state index contributed by atoms with van der Waals surface area (Å²) in [6, 6.07) is 66.6. The molecule has 0 N–H and O–H groups in total. The first-order valence-corrected chi connectivity index (χ1v) is 21.4. The number of anilines is 3. The number of hydrogen-bond acceptors (Lipinski definition) is 4. The van der Waals surface area contributed by atoms with Gasteiger partial charge in [0, 0.05) is 22.5 Å². The highest BCUT2D eigenvalue weighted by Crippen LogP contribution is 2.36. The van der Waals surface area contributed by atoms with E-state index in [9.17, 15) is 0 Å². The normalized spacial score (nSPS) is 11.1. The summed E-state index contributed by atoms with van der Waals surface area (Å²) in [4.78, 5) is 17.9. The smallest absolute Gasteiger partial charge is 0.242 e. The molecule has 9 aromatic rings. The largest absolute Gasteiger partial charge is 0.279 e. The summed E-state index contributed by atoms with van der Waals surface area (Å²) in [7, 11) is 0. The SMILES string of the molecule is Cc1cc(C)c(B(c2ccc(N(c3ccc(-c4ccccc4)cc3)c3nc(-c4ccccc4)nc(-c4cccc(-c5ccccc5)c4)n3)cc2)c2c(C)cc(C)cc2C)c(C)c1. The zero-order valence-electron chi connectivity index (χ0n) is 36.3. The van der Waals surface area contributed by atoms with Gasteiger partial charge in [-0.15, -0.1) is 0 Å². The Morgan fingerprint density at radius 1 is 0.339 bits per heavy atom. The van der Waals surface area contributed by atoms with Crippen molar-refractivity contribution >= 4 is 40.4 Å². The average molecular weight is 801 g/mol. The highest BCUT2D eigenvalue weighted by atomic mass is 15.3. The molecule has 4 nitrogen and oxygen atoms in total. The maximum atomic E-state index is 5.32. The summed E-state index contributed by atoms with van der Waals surface area (Å²) in [6.45, 7) is 13.5. The molecule has 300 valence electrons. The molecule has 0 saturated heterocycles. The number of benzene rings is 8. The van der Waals surface area contributed by atoms with Crippen LogP contribution in [-0.2, 0) is 0 Å². The van der Waals surface area contributed by atoms with Crippen molar-refractivity contribution in [1.29, 1.82) is 0 Å². The molecule has 0 unspecified atom stereocenters. The molecular weight excluding hydrogens is 751 g/mol. The lowest BCUT2D eigenvalue weighted by molar-refractivity contribution is 1.02. The Balaban J connectivity index is 1.23. The topological polar surface area (TPSA) is 41.9 Å². The van der Waals surface area contributed by atoms with Crippen molar-refractivity contribution in [3.05, 3.63) is 221 Å². The third kappa shape index (κ3) is 8.22. The molecule has 5 heteroatoms. The van der Waals surface area contributed by atoms with Crippen molar-refractivity contribution in [2.75, 3.05) is 4.90 Å². The van der Waals surface area contributed by atoms with Gasteiger partial charge in [0.15, 0.2) is 11.6 Å². The highest BCUT2D eigenvalue weighted by molar-refractivity contribution is 6.96. The first-order valence-electron chi connectivity index (χ1n) is 21.4. The van der Waals surface area contributed by atoms with Crippen LogP contribution in [0.2, 0.25) is 0 Å². The van der Waals surface area contributed by atoms with E-state index in [0.717, 1.165) is 44.8 Å². The molecule has 0 aliphatic heterocycles. The minimum absolute atomic E-state index is 0.0502. The Hall–Kier alpha value is -7.37. The Morgan fingerprint density at radius 3 is 1.23 bits per heavy atom. The van der Waals surface area contributed by atoms with Crippen LogP contribution >= 0.6 is 0 Å². The Kier molecular flexibility index (Phi) is 11.2. The summed E-state index contributed by atoms with van der Waals surface area (Å²) < 4.78 is 0. The molecule has 8 aromatic carbocycles. The molecular formula is C57H49BN4. The molecule has 1 aromatic heterocycles. The van der Waals surface area contributed by atoms with Crippen LogP contribution in [0.1, 0.15) is 33.4 Å². The van der Waals surface area contributed by atoms with E-state index in [1.807, 2.05) is 24.3 Å². The molecule has 0 aliphatic carbocycles. The number of nitrogens with zero attached hydrogens (tertiary/aromatic N) is 4. The average Bonchev–Trinajstić information content (AvgIpc) is 3.29. The second-order valence-corrected chi connectivity index (χ2v) is 16.5. The lowest BCUT2D eigenvalue weighted by Gasteiger charge is -2.27. The fraction of sp³-hybridized carbons (Fsp3) is 0.105. The summed E-state index contributed by atoms with van der Waals surface area (Å²) in [6.07, 6.45) is 0. The minimum atomic E-state index is 0.0502. The Bertz CT molecular complexity index is 2900. The zero-order valence-corrected chi connectivity index (χ0v) is 36.3. The number of aromatic nitrogens is 3. The van der Waals surface area contributed by atoms with E-state index in [1.165, 1.54) is 49.8 Å². The highest BCUT2D eigenvalue weighted by Gasteiger charge is 2.29. The first-order chi connectivity index (χ1) is 30.2. The summed E-state index contributed by atoms with van der Waals surface area (Å²) in [5.41, 5.74) is 20.0. The lowest BCUT2D eigenvalue weighted by Crippen LogP contribution is -2.55. The summed E-state index contributed by atoms with van der Waals surface area (Å²) in [5, 5.41) is 0. The van der Waals surface area contributed by atoms with E-state index in [1.54, 1.807) is 0 Å². The van der Waals surface area contributed by atoms with Gasteiger partial charge in [-0.25, -0.2) is 4.98 Å². The van der Waals surface area contributed by atoms with Crippen molar-refractivity contribution < 1.29 is 0 Å². The summed E-state index contributed by atoms with van der Waals surface area (Å²) >= 11 is 0. The lowest BCUT2D eigenvalue weighted by atomic mass is 9.34. The number of aryl methyl sites for hydroxylation is 6. The van der Waals surface area contributed by atoms with Gasteiger partial charge < -0.3 is 0 Å². The third-order valence-electron chi connectivity index (χ3n) is 11.9. The predicted molar refractivity (Wildman–Crippen MR) is 262 cm³/mol. The maximum Gasteiger partial charge on any atom is 0.242 e. The quantitative estimate of drug-likeness (QED) is 0.129. The van der Waals surface area contributed by atoms with E-state index in [2.05, 4.69) is 210 Å². The van der Waals surface area contributed by atoms with Gasteiger partial charge in [-0.1, -0.05) is 207 Å². The monoisotopic (exact) mass is 800 g/mol. The molecule has 0 radical (unpaired) electrons. The zero-order chi connectivity index (χ0) is 42.7. The van der Waals surface area contributed by atoms with Crippen LogP contribution in [0.15, 0.2) is 188 Å². The molecule has 1 heterocycles. The second kappa shape index (κ2) is 17.3. The van der Waals surface area contributed by atoms with Gasteiger partial charge in [0.25, 0.3) is 0 Å². The van der Waals surface area contributed by atoms with Gasteiger partial charge >= 0.3 is 0 Å². The van der Waals surface area contributed by atoms with Crippen molar-refractivity contribution in [3.8, 4) is 45.0 Å². The predicted octanol–water partition coefficient (Wildman–Crippen LogP) is 12.4. The van der Waals surface area contributed by atoms with Gasteiger partial charge in [-0.2, -0.15) is 9.97 Å². The van der Waals surface area contributed by atoms with Crippen molar-refractivity contribution in [2.24, 2.45) is 0 Å². The van der Waals surface area contributed by atoms with E-state index in [4.69, 9.17) is 15.0 Å². The van der Waals surface area contributed by atoms with E-state index < -0.39 is 0 Å². The number of rotatable bonds is 10. The molecule has 0 fully saturated rings. The van der Waals surface area contributed by atoms with Crippen LogP contribution in [0.4, 0.5) is 17.3 Å². The standard InChI is InChI=1S/C57H49BN4/c1-38-33-40(3)53(41(4)34-38)58(54-42(5)35-39(2)36-43(54)6)50-27-31-52(32-28-50)62(51-29-25-46(26-30-51)44-17-10-7-11-18-44)57-60-55(47-21-14-9-15-22-47)59-56(61-57)49-24-16-23-48(37-49)45-19-12-8-13-20-45/h7-37H,1-6H3. The van der Waals surface area contributed by atoms with Gasteiger partial charge in [-0.05, 0) is 94.1 Å². The Labute approximate surface area is 366 Å². The van der Waals surface area contributed by atoms with Crippen molar-refractivity contribution in [2.45, 2.75) is 41.5 Å². The van der Waals surface area contributed by atoms with Crippen LogP contribution in [0.5, 0.6) is 0 Å². The van der Waals surface area contributed by atoms with Crippen LogP contribution in [0.25, 0.3) is 45.0 Å². The van der Waals surface area contributed by atoms with E-state index in [0.29, 0.717) is 17.6 Å². The van der Waals surface area contributed by atoms with Crippen LogP contribution < -0.4 is 21.3 Å². The molecule has 0 spiro atoms. The minimum Gasteiger partial charge on any atom is -0.279 e. The van der Waals surface area contributed by atoms with Crippen LogP contribution in [0.3, 0.4) is 0 Å². The molecule has 0 aliphatic rings. The third-order valence-corrected chi connectivity index (χ3v) is 11.9. The first kappa shape index (κ1) is 40.1. The Morgan fingerprint density at radius 2 is 0.726 bits per heavy atom. The van der Waals surface area contributed by atoms with Crippen molar-refractivity contribution in [3.63, 3.8) is 0 Å². The van der Waals surface area contributed by atoms with Crippen molar-refractivity contribution in [1.82, 2.24) is 15.0 Å². The van der Waals surface area contributed by atoms with Crippen LogP contribution in [-0.4, -0.2) is 21.7 Å². The second-order valence-electron chi connectivity index (χ2n) is 16.5. The van der Waals surface area contributed by atoms with E-state index in [-0.39, 0.29) is 6.71 Å². The van der Waals surface area contributed by atoms with Gasteiger partial charge in [-0.3, -0.25) is 4.90 Å². The van der Waals surface area contributed by atoms with Gasteiger partial charge in [0.2, 0.25) is 12.7 Å². The number of hydrogen-bond donors (Lipinski definition) is 0. The maximum absolute atomic E-state index is 5.32. The fourth-order valence-electron chi connectivity index (χ4n) is 9.18. The molecule has 0 bridgehead atoms. The summed E-state index contributed by atoms with van der Waals surface area (Å²) in [5.74, 6) is 1.74. The van der Waals surface area contributed by atoms with Gasteiger partial charge in [0.1, 0.15) is 0 Å². The molecule has 0 atom stereocenters. The molecule has 62 heavy (non-hydrogen) atoms. The van der Waals surface area contributed by atoms with Crippen LogP contribution in [0, 0.1) is 41.5 Å². The molecule has 0 amide bonds. The van der Waals surface area contributed by atoms with Gasteiger partial charge in [0.05, 0.1) is 0 Å². The van der Waals surface area contributed by atoms with E-state index >= 15 is 0 Å².